The largest absolute Gasteiger partial charge is 0.353 e. The van der Waals surface area contributed by atoms with Crippen LogP contribution in [0.5, 0.6) is 0 Å². The van der Waals surface area contributed by atoms with Gasteiger partial charge in [0.25, 0.3) is 10.0 Å². The maximum atomic E-state index is 13.4. The fourth-order valence-corrected chi connectivity index (χ4v) is 4.35. The molecule has 0 amide bonds. The molecule has 0 spiro atoms. The predicted molar refractivity (Wildman–Crippen MR) is 114 cm³/mol. The first-order chi connectivity index (χ1) is 14.4. The number of halogens is 1. The average molecular weight is 428 g/mol. The van der Waals surface area contributed by atoms with Gasteiger partial charge in [-0.25, -0.2) is 12.8 Å². The van der Waals surface area contributed by atoms with Crippen LogP contribution in [0.4, 0.5) is 15.9 Å². The van der Waals surface area contributed by atoms with Crippen LogP contribution in [0.15, 0.2) is 65.6 Å². The fourth-order valence-electron chi connectivity index (χ4n) is 3.27. The van der Waals surface area contributed by atoms with Crippen molar-refractivity contribution in [3.63, 3.8) is 0 Å². The van der Waals surface area contributed by atoms with Gasteiger partial charge in [0.1, 0.15) is 5.82 Å². The molecule has 1 saturated heterocycles. The molecule has 2 heterocycles. The lowest BCUT2D eigenvalue weighted by molar-refractivity contribution is 0.312. The van der Waals surface area contributed by atoms with Crippen LogP contribution in [-0.2, 0) is 10.0 Å². The first-order valence-corrected chi connectivity index (χ1v) is 11.1. The molecule has 0 bridgehead atoms. The van der Waals surface area contributed by atoms with E-state index in [2.05, 4.69) is 31.8 Å². The predicted octanol–water partition coefficient (Wildman–Crippen LogP) is 2.84. The summed E-state index contributed by atoms with van der Waals surface area (Å²) in [6.45, 7) is 3.78. The van der Waals surface area contributed by atoms with E-state index in [1.54, 1.807) is 18.2 Å². The Hall–Kier alpha value is -3.04. The van der Waals surface area contributed by atoms with E-state index in [4.69, 9.17) is 0 Å². The molecule has 2 aromatic carbocycles. The number of anilines is 2. The summed E-state index contributed by atoms with van der Waals surface area (Å²) in [5.74, 6) is 0.220. The molecule has 1 aromatic heterocycles. The zero-order valence-electron chi connectivity index (χ0n) is 16.5. The summed E-state index contributed by atoms with van der Waals surface area (Å²) in [4.78, 5) is 4.33. The number of sulfonamides is 1. The zero-order valence-corrected chi connectivity index (χ0v) is 17.3. The lowest BCUT2D eigenvalue weighted by Crippen LogP contribution is -2.44. The maximum absolute atomic E-state index is 13.4. The average Bonchev–Trinajstić information content (AvgIpc) is 2.74. The second-order valence-corrected chi connectivity index (χ2v) is 8.89. The molecule has 1 aliphatic rings. The van der Waals surface area contributed by atoms with Gasteiger partial charge in [-0.3, -0.25) is 4.72 Å². The molecule has 1 aliphatic heterocycles. The third-order valence-corrected chi connectivity index (χ3v) is 6.37. The van der Waals surface area contributed by atoms with Crippen molar-refractivity contribution in [2.45, 2.75) is 4.90 Å². The SMILES string of the molecule is CN1CCN(c2ccc(-c3cccc(NS(=O)(=O)c4cccc(F)c4)c3)nn2)CC1. The van der Waals surface area contributed by atoms with Crippen LogP contribution in [-0.4, -0.2) is 56.7 Å². The molecular weight excluding hydrogens is 405 g/mol. The van der Waals surface area contributed by atoms with Gasteiger partial charge < -0.3 is 9.80 Å². The summed E-state index contributed by atoms with van der Waals surface area (Å²) in [5, 5.41) is 8.66. The monoisotopic (exact) mass is 427 g/mol. The molecule has 0 radical (unpaired) electrons. The number of nitrogens with zero attached hydrogens (tertiary/aromatic N) is 4. The summed E-state index contributed by atoms with van der Waals surface area (Å²) >= 11 is 0. The Morgan fingerprint density at radius 3 is 2.40 bits per heavy atom. The lowest BCUT2D eigenvalue weighted by atomic mass is 10.1. The summed E-state index contributed by atoms with van der Waals surface area (Å²) < 4.78 is 40.9. The topological polar surface area (TPSA) is 78.4 Å². The van der Waals surface area contributed by atoms with Gasteiger partial charge >= 0.3 is 0 Å². The van der Waals surface area contributed by atoms with Gasteiger partial charge in [-0.05, 0) is 49.5 Å². The highest BCUT2D eigenvalue weighted by Gasteiger charge is 2.17. The minimum atomic E-state index is -3.90. The molecule has 0 saturated carbocycles. The minimum absolute atomic E-state index is 0.135. The molecule has 0 unspecified atom stereocenters. The molecule has 4 rings (SSSR count). The van der Waals surface area contributed by atoms with Crippen LogP contribution in [0.2, 0.25) is 0 Å². The smallest absolute Gasteiger partial charge is 0.261 e. The number of likely N-dealkylation sites (N-methyl/N-ethyl adjacent to an activating group) is 1. The van der Waals surface area contributed by atoms with Gasteiger partial charge in [0.05, 0.1) is 10.6 Å². The Labute approximate surface area is 175 Å². The number of rotatable bonds is 5. The molecule has 7 nitrogen and oxygen atoms in total. The van der Waals surface area contributed by atoms with E-state index in [-0.39, 0.29) is 4.90 Å². The third-order valence-electron chi connectivity index (χ3n) is 4.99. The van der Waals surface area contributed by atoms with Crippen LogP contribution in [0, 0.1) is 5.82 Å². The second kappa shape index (κ2) is 8.37. The lowest BCUT2D eigenvalue weighted by Gasteiger charge is -2.32. The third kappa shape index (κ3) is 4.58. The number of aromatic nitrogens is 2. The van der Waals surface area contributed by atoms with Crippen molar-refractivity contribution in [1.29, 1.82) is 0 Å². The van der Waals surface area contributed by atoms with Gasteiger partial charge in [0.15, 0.2) is 5.82 Å². The van der Waals surface area contributed by atoms with Gasteiger partial charge in [0, 0.05) is 37.4 Å². The van der Waals surface area contributed by atoms with Crippen molar-refractivity contribution in [3.8, 4) is 11.3 Å². The zero-order chi connectivity index (χ0) is 21.1. The van der Waals surface area contributed by atoms with Crippen LogP contribution in [0.1, 0.15) is 0 Å². The van der Waals surface area contributed by atoms with Crippen LogP contribution < -0.4 is 9.62 Å². The summed E-state index contributed by atoms with van der Waals surface area (Å²) in [6, 6.07) is 15.6. The highest BCUT2D eigenvalue weighted by molar-refractivity contribution is 7.92. The van der Waals surface area contributed by atoms with Crippen molar-refractivity contribution in [1.82, 2.24) is 15.1 Å². The summed E-state index contributed by atoms with van der Waals surface area (Å²) in [7, 11) is -1.80. The number of nitrogens with one attached hydrogen (secondary N) is 1. The van der Waals surface area contributed by atoms with Gasteiger partial charge in [-0.1, -0.05) is 18.2 Å². The number of piperazine rings is 1. The molecule has 1 fully saturated rings. The quantitative estimate of drug-likeness (QED) is 0.675. The molecular formula is C21H22FN5O2S. The van der Waals surface area contributed by atoms with Gasteiger partial charge in [-0.2, -0.15) is 0 Å². The highest BCUT2D eigenvalue weighted by atomic mass is 32.2. The number of hydrogen-bond donors (Lipinski definition) is 1. The molecule has 1 N–H and O–H groups in total. The Morgan fingerprint density at radius 1 is 0.933 bits per heavy atom. The maximum Gasteiger partial charge on any atom is 0.261 e. The minimum Gasteiger partial charge on any atom is -0.353 e. The normalized spacial score (nSPS) is 15.2. The van der Waals surface area contributed by atoms with Crippen LogP contribution in [0.3, 0.4) is 0 Å². The summed E-state index contributed by atoms with van der Waals surface area (Å²) in [6.07, 6.45) is 0. The standard InChI is InChI=1S/C21H22FN5O2S/c1-26-10-12-27(13-11-26)21-9-8-20(23-24-21)16-4-2-6-18(14-16)25-30(28,29)19-7-3-5-17(22)15-19/h2-9,14-15,25H,10-13H2,1H3. The van der Waals surface area contributed by atoms with E-state index in [1.165, 1.54) is 18.2 Å². The van der Waals surface area contributed by atoms with Crippen molar-refractivity contribution < 1.29 is 12.8 Å². The van der Waals surface area contributed by atoms with E-state index in [0.717, 1.165) is 43.6 Å². The van der Waals surface area contributed by atoms with E-state index in [0.29, 0.717) is 11.4 Å². The highest BCUT2D eigenvalue weighted by Crippen LogP contribution is 2.24. The van der Waals surface area contributed by atoms with Crippen molar-refractivity contribution in [3.05, 3.63) is 66.5 Å². The molecule has 3 aromatic rings. The first-order valence-electron chi connectivity index (χ1n) is 9.57. The van der Waals surface area contributed by atoms with Crippen molar-refractivity contribution >= 4 is 21.5 Å². The Morgan fingerprint density at radius 2 is 1.70 bits per heavy atom. The molecule has 9 heteroatoms. The molecule has 0 aliphatic carbocycles. The van der Waals surface area contributed by atoms with E-state index >= 15 is 0 Å². The van der Waals surface area contributed by atoms with E-state index < -0.39 is 15.8 Å². The van der Waals surface area contributed by atoms with Crippen molar-refractivity contribution in [2.24, 2.45) is 0 Å². The van der Waals surface area contributed by atoms with Gasteiger partial charge in [-0.15, -0.1) is 10.2 Å². The molecule has 30 heavy (non-hydrogen) atoms. The fraction of sp³-hybridized carbons (Fsp3) is 0.238. The molecule has 0 atom stereocenters. The second-order valence-electron chi connectivity index (χ2n) is 7.21. The Balaban J connectivity index is 1.52. The van der Waals surface area contributed by atoms with Crippen LogP contribution >= 0.6 is 0 Å². The summed E-state index contributed by atoms with van der Waals surface area (Å²) in [5.41, 5.74) is 1.73. The Kier molecular flexibility index (Phi) is 5.65. The van der Waals surface area contributed by atoms with Gasteiger partial charge in [0.2, 0.25) is 0 Å². The first kappa shape index (κ1) is 20.2. The Bertz CT molecular complexity index is 1130. The van der Waals surface area contributed by atoms with Crippen molar-refractivity contribution in [2.75, 3.05) is 42.8 Å². The van der Waals surface area contributed by atoms with E-state index in [1.807, 2.05) is 18.2 Å². The number of benzene rings is 2. The molecule has 156 valence electrons. The van der Waals surface area contributed by atoms with E-state index in [9.17, 15) is 12.8 Å². The van der Waals surface area contributed by atoms with Crippen LogP contribution in [0.25, 0.3) is 11.3 Å². The number of hydrogen-bond acceptors (Lipinski definition) is 6.